The number of allylic oxidation sites excluding steroid dienone is 2. The first-order valence-electron chi connectivity index (χ1n) is 8.39. The maximum atomic E-state index is 12.7. The van der Waals surface area contributed by atoms with Gasteiger partial charge < -0.3 is 10.1 Å². The zero-order valence-corrected chi connectivity index (χ0v) is 14.4. The van der Waals surface area contributed by atoms with Crippen LogP contribution in [-0.4, -0.2) is 31.6 Å². The summed E-state index contributed by atoms with van der Waals surface area (Å²) in [5, 5.41) is 3.39. The lowest BCUT2D eigenvalue weighted by molar-refractivity contribution is -0.128. The monoisotopic (exact) mass is 295 g/mol. The number of carbonyl (C=O) groups excluding carboxylic acids is 1. The first-order valence-corrected chi connectivity index (χ1v) is 8.39. The van der Waals surface area contributed by atoms with Gasteiger partial charge >= 0.3 is 0 Å². The molecule has 3 unspecified atom stereocenters. The van der Waals surface area contributed by atoms with Crippen molar-refractivity contribution >= 4 is 5.78 Å². The average molecular weight is 295 g/mol. The van der Waals surface area contributed by atoms with Crippen molar-refractivity contribution in [1.29, 1.82) is 0 Å². The summed E-state index contributed by atoms with van der Waals surface area (Å²) in [6, 6.07) is 0.219. The highest BCUT2D eigenvalue weighted by molar-refractivity contribution is 5.83. The van der Waals surface area contributed by atoms with Crippen molar-refractivity contribution < 1.29 is 9.53 Å². The minimum Gasteiger partial charge on any atom is -0.380 e. The van der Waals surface area contributed by atoms with E-state index in [2.05, 4.69) is 52.1 Å². The van der Waals surface area contributed by atoms with Gasteiger partial charge in [-0.3, -0.25) is 4.79 Å². The molecule has 3 heteroatoms. The second-order valence-corrected chi connectivity index (χ2v) is 7.10. The third kappa shape index (κ3) is 5.91. The molecular formula is C18H33NO2. The Kier molecular flexibility index (Phi) is 7.61. The van der Waals surface area contributed by atoms with Crippen LogP contribution in [0.25, 0.3) is 0 Å². The van der Waals surface area contributed by atoms with Crippen LogP contribution in [0.4, 0.5) is 0 Å². The normalized spacial score (nSPS) is 25.8. The van der Waals surface area contributed by atoms with Crippen molar-refractivity contribution in [3.63, 3.8) is 0 Å². The van der Waals surface area contributed by atoms with E-state index in [0.717, 1.165) is 32.6 Å². The Hall–Kier alpha value is -0.670. The Labute approximate surface area is 130 Å². The molecule has 0 aromatic rings. The van der Waals surface area contributed by atoms with Gasteiger partial charge in [-0.15, -0.1) is 0 Å². The van der Waals surface area contributed by atoms with E-state index in [9.17, 15) is 4.79 Å². The van der Waals surface area contributed by atoms with Gasteiger partial charge in [-0.05, 0) is 31.1 Å². The molecular weight excluding hydrogens is 262 g/mol. The standard InChI is InChI=1S/C18H33NO2/c1-6-11-21-12-10-19-15(3)13-16(20)17-14(2)8-7-9-18(17,4)5/h7-8,14-15,17,19H,6,9-13H2,1-5H3. The van der Waals surface area contributed by atoms with E-state index in [1.807, 2.05) is 0 Å². The lowest BCUT2D eigenvalue weighted by atomic mass is 9.65. The highest BCUT2D eigenvalue weighted by atomic mass is 16.5. The molecule has 1 aliphatic rings. The van der Waals surface area contributed by atoms with Crippen LogP contribution in [0.5, 0.6) is 0 Å². The molecule has 0 amide bonds. The molecule has 21 heavy (non-hydrogen) atoms. The van der Waals surface area contributed by atoms with E-state index in [1.165, 1.54) is 0 Å². The largest absolute Gasteiger partial charge is 0.380 e. The number of nitrogens with one attached hydrogen (secondary N) is 1. The number of rotatable bonds is 9. The lowest BCUT2D eigenvalue weighted by Gasteiger charge is -2.39. The van der Waals surface area contributed by atoms with Crippen molar-refractivity contribution in [1.82, 2.24) is 5.32 Å². The highest BCUT2D eigenvalue weighted by Gasteiger charge is 2.39. The van der Waals surface area contributed by atoms with Gasteiger partial charge in [-0.25, -0.2) is 0 Å². The summed E-state index contributed by atoms with van der Waals surface area (Å²) >= 11 is 0. The molecule has 1 rings (SSSR count). The molecule has 0 aromatic heterocycles. The van der Waals surface area contributed by atoms with Crippen LogP contribution < -0.4 is 5.32 Å². The van der Waals surface area contributed by atoms with Crippen LogP contribution in [0.1, 0.15) is 53.9 Å². The fourth-order valence-electron chi connectivity index (χ4n) is 3.39. The maximum absolute atomic E-state index is 12.7. The number of hydrogen-bond acceptors (Lipinski definition) is 3. The summed E-state index contributed by atoms with van der Waals surface area (Å²) in [5.41, 5.74) is 0.0786. The topological polar surface area (TPSA) is 38.3 Å². The zero-order valence-electron chi connectivity index (χ0n) is 14.4. The predicted octanol–water partition coefficient (Wildman–Crippen LogP) is 3.59. The molecule has 0 fully saturated rings. The number of ether oxygens (including phenoxy) is 1. The van der Waals surface area contributed by atoms with Crippen molar-refractivity contribution in [2.24, 2.45) is 17.3 Å². The van der Waals surface area contributed by atoms with Crippen LogP contribution in [0.15, 0.2) is 12.2 Å². The summed E-state index contributed by atoms with van der Waals surface area (Å²) in [4.78, 5) is 12.7. The third-order valence-corrected chi connectivity index (χ3v) is 4.39. The fourth-order valence-corrected chi connectivity index (χ4v) is 3.39. The van der Waals surface area contributed by atoms with Crippen LogP contribution in [0.3, 0.4) is 0 Å². The van der Waals surface area contributed by atoms with Crippen LogP contribution in [0.2, 0.25) is 0 Å². The molecule has 0 bridgehead atoms. The smallest absolute Gasteiger partial charge is 0.138 e. The van der Waals surface area contributed by atoms with Gasteiger partial charge in [0.1, 0.15) is 5.78 Å². The number of Topliss-reactive ketones (excluding diaryl/α,β-unsaturated/α-hetero) is 1. The second kappa shape index (κ2) is 8.70. The lowest BCUT2D eigenvalue weighted by Crippen LogP contribution is -2.40. The Balaban J connectivity index is 2.39. The SMILES string of the molecule is CCCOCCNC(C)CC(=O)C1C(C)C=CCC1(C)C. The summed E-state index contributed by atoms with van der Waals surface area (Å²) < 4.78 is 5.45. The van der Waals surface area contributed by atoms with Gasteiger partial charge in [-0.2, -0.15) is 0 Å². The summed E-state index contributed by atoms with van der Waals surface area (Å²) in [6.07, 6.45) is 7.09. The van der Waals surface area contributed by atoms with E-state index in [1.54, 1.807) is 0 Å². The Bertz CT molecular complexity index is 349. The summed E-state index contributed by atoms with van der Waals surface area (Å²) in [7, 11) is 0. The molecule has 0 saturated heterocycles. The van der Waals surface area contributed by atoms with E-state index >= 15 is 0 Å². The van der Waals surface area contributed by atoms with Crippen LogP contribution in [0, 0.1) is 17.3 Å². The Morgan fingerprint density at radius 3 is 2.76 bits per heavy atom. The van der Waals surface area contributed by atoms with Gasteiger partial charge in [0, 0.05) is 31.5 Å². The average Bonchev–Trinajstić information content (AvgIpc) is 2.37. The molecule has 1 N–H and O–H groups in total. The van der Waals surface area contributed by atoms with Crippen molar-refractivity contribution in [2.45, 2.75) is 59.9 Å². The first-order chi connectivity index (χ1) is 9.88. The molecule has 0 aromatic carbocycles. The van der Waals surface area contributed by atoms with Gasteiger partial charge in [-0.1, -0.05) is 39.8 Å². The van der Waals surface area contributed by atoms with Gasteiger partial charge in [0.05, 0.1) is 6.61 Å². The molecule has 3 nitrogen and oxygen atoms in total. The molecule has 1 aliphatic carbocycles. The molecule has 0 heterocycles. The van der Waals surface area contributed by atoms with Crippen LogP contribution in [-0.2, 0) is 9.53 Å². The summed E-state index contributed by atoms with van der Waals surface area (Å²) in [6.45, 7) is 13.1. The highest BCUT2D eigenvalue weighted by Crippen LogP contribution is 2.41. The molecule has 3 atom stereocenters. The molecule has 0 radical (unpaired) electrons. The van der Waals surface area contributed by atoms with Gasteiger partial charge in [0.25, 0.3) is 0 Å². The van der Waals surface area contributed by atoms with Crippen molar-refractivity contribution in [3.05, 3.63) is 12.2 Å². The van der Waals surface area contributed by atoms with Crippen molar-refractivity contribution in [3.8, 4) is 0 Å². The molecule has 0 saturated carbocycles. The zero-order chi connectivity index (χ0) is 15.9. The Morgan fingerprint density at radius 1 is 1.43 bits per heavy atom. The number of ketones is 1. The fraction of sp³-hybridized carbons (Fsp3) is 0.833. The first kappa shape index (κ1) is 18.4. The van der Waals surface area contributed by atoms with E-state index in [4.69, 9.17) is 4.74 Å². The maximum Gasteiger partial charge on any atom is 0.138 e. The van der Waals surface area contributed by atoms with Gasteiger partial charge in [0.15, 0.2) is 0 Å². The second-order valence-electron chi connectivity index (χ2n) is 7.10. The Morgan fingerprint density at radius 2 is 2.14 bits per heavy atom. The molecule has 0 spiro atoms. The number of carbonyl (C=O) groups is 1. The molecule has 122 valence electrons. The molecule has 0 aliphatic heterocycles. The third-order valence-electron chi connectivity index (χ3n) is 4.39. The minimum absolute atomic E-state index is 0.0786. The summed E-state index contributed by atoms with van der Waals surface area (Å²) in [5.74, 6) is 0.885. The number of hydrogen-bond donors (Lipinski definition) is 1. The van der Waals surface area contributed by atoms with Crippen molar-refractivity contribution in [2.75, 3.05) is 19.8 Å². The minimum atomic E-state index is 0.0786. The van der Waals surface area contributed by atoms with Gasteiger partial charge in [0.2, 0.25) is 0 Å². The van der Waals surface area contributed by atoms with E-state index < -0.39 is 0 Å². The van der Waals surface area contributed by atoms with E-state index in [-0.39, 0.29) is 17.4 Å². The van der Waals surface area contributed by atoms with E-state index in [0.29, 0.717) is 18.1 Å². The quantitative estimate of drug-likeness (QED) is 0.522. The van der Waals surface area contributed by atoms with Crippen LogP contribution >= 0.6 is 0 Å². The predicted molar refractivity (Wildman–Crippen MR) is 88.4 cm³/mol.